The lowest BCUT2D eigenvalue weighted by Gasteiger charge is -2.22. The minimum absolute atomic E-state index is 0.502. The van der Waals surface area contributed by atoms with Crippen LogP contribution in [0, 0.1) is 6.92 Å². The van der Waals surface area contributed by atoms with Crippen LogP contribution in [-0.2, 0) is 0 Å². The molecule has 0 spiro atoms. The van der Waals surface area contributed by atoms with Gasteiger partial charge in [0.15, 0.2) is 0 Å². The van der Waals surface area contributed by atoms with E-state index in [0.29, 0.717) is 16.6 Å². The van der Waals surface area contributed by atoms with Crippen LogP contribution in [0.3, 0.4) is 0 Å². The van der Waals surface area contributed by atoms with E-state index in [1.807, 2.05) is 19.1 Å². The standard InChI is InChI=1S/C16H20Cl2N4/c1-3-8-22(9-7-19)14-10-20-16(11(2)21-14)12-5-4-6-13(17)15(12)18/h4-6,10H,3,7-9,19H2,1-2H3. The lowest BCUT2D eigenvalue weighted by Crippen LogP contribution is -2.31. The summed E-state index contributed by atoms with van der Waals surface area (Å²) in [4.78, 5) is 11.4. The molecule has 2 rings (SSSR count). The van der Waals surface area contributed by atoms with Crippen LogP contribution in [0.15, 0.2) is 24.4 Å². The Bertz CT molecular complexity index is 640. The molecule has 6 heteroatoms. The summed E-state index contributed by atoms with van der Waals surface area (Å²) in [6.45, 7) is 6.31. The number of aromatic nitrogens is 2. The zero-order valence-corrected chi connectivity index (χ0v) is 14.3. The summed E-state index contributed by atoms with van der Waals surface area (Å²) >= 11 is 12.4. The first-order valence-electron chi connectivity index (χ1n) is 7.31. The highest BCUT2D eigenvalue weighted by atomic mass is 35.5. The van der Waals surface area contributed by atoms with Gasteiger partial charge in [-0.3, -0.25) is 4.98 Å². The first-order valence-corrected chi connectivity index (χ1v) is 8.07. The Kier molecular flexibility index (Phi) is 6.00. The summed E-state index contributed by atoms with van der Waals surface area (Å²) in [5, 5.41) is 1.02. The molecule has 2 aromatic rings. The van der Waals surface area contributed by atoms with Crippen LogP contribution < -0.4 is 10.6 Å². The third kappa shape index (κ3) is 3.69. The van der Waals surface area contributed by atoms with Crippen LogP contribution in [0.5, 0.6) is 0 Å². The highest BCUT2D eigenvalue weighted by Gasteiger charge is 2.14. The molecule has 22 heavy (non-hydrogen) atoms. The first kappa shape index (κ1) is 17.0. The molecule has 0 aliphatic heterocycles. The molecule has 2 N–H and O–H groups in total. The quantitative estimate of drug-likeness (QED) is 0.866. The van der Waals surface area contributed by atoms with Gasteiger partial charge in [-0.25, -0.2) is 4.98 Å². The molecule has 4 nitrogen and oxygen atoms in total. The lowest BCUT2D eigenvalue weighted by atomic mass is 10.1. The summed E-state index contributed by atoms with van der Waals surface area (Å²) in [5.41, 5.74) is 8.04. The van der Waals surface area contributed by atoms with Gasteiger partial charge in [0.05, 0.1) is 27.6 Å². The van der Waals surface area contributed by atoms with Crippen LogP contribution in [0.1, 0.15) is 19.0 Å². The summed E-state index contributed by atoms with van der Waals surface area (Å²) in [7, 11) is 0. The summed E-state index contributed by atoms with van der Waals surface area (Å²) in [6, 6.07) is 5.51. The van der Waals surface area contributed by atoms with Gasteiger partial charge in [-0.1, -0.05) is 42.3 Å². The Morgan fingerprint density at radius 1 is 1.23 bits per heavy atom. The van der Waals surface area contributed by atoms with Crippen molar-refractivity contribution in [3.05, 3.63) is 40.1 Å². The molecule has 1 aromatic heterocycles. The second kappa shape index (κ2) is 7.77. The molecular weight excluding hydrogens is 319 g/mol. The van der Waals surface area contributed by atoms with Crippen LogP contribution >= 0.6 is 23.2 Å². The van der Waals surface area contributed by atoms with Gasteiger partial charge < -0.3 is 10.6 Å². The van der Waals surface area contributed by atoms with Crippen LogP contribution in [0.25, 0.3) is 11.3 Å². The normalized spacial score (nSPS) is 10.8. The number of anilines is 1. The first-order chi connectivity index (χ1) is 10.6. The highest BCUT2D eigenvalue weighted by molar-refractivity contribution is 6.43. The molecule has 0 aliphatic rings. The summed E-state index contributed by atoms with van der Waals surface area (Å²) in [6.07, 6.45) is 2.80. The Balaban J connectivity index is 2.39. The van der Waals surface area contributed by atoms with Gasteiger partial charge in [0.25, 0.3) is 0 Å². The topological polar surface area (TPSA) is 55.0 Å². The van der Waals surface area contributed by atoms with Crippen molar-refractivity contribution in [1.82, 2.24) is 9.97 Å². The number of rotatable bonds is 6. The van der Waals surface area contributed by atoms with Gasteiger partial charge >= 0.3 is 0 Å². The average molecular weight is 339 g/mol. The average Bonchev–Trinajstić information content (AvgIpc) is 2.50. The fourth-order valence-corrected chi connectivity index (χ4v) is 2.73. The Labute approximate surface area is 141 Å². The maximum Gasteiger partial charge on any atom is 0.147 e. The van der Waals surface area contributed by atoms with Gasteiger partial charge in [0, 0.05) is 25.2 Å². The van der Waals surface area contributed by atoms with Gasteiger partial charge in [0.1, 0.15) is 5.82 Å². The molecule has 0 fully saturated rings. The summed E-state index contributed by atoms with van der Waals surface area (Å²) in [5.74, 6) is 0.840. The molecule has 0 bridgehead atoms. The van der Waals surface area contributed by atoms with Gasteiger partial charge in [-0.15, -0.1) is 0 Å². The second-order valence-electron chi connectivity index (χ2n) is 5.04. The predicted octanol–water partition coefficient (Wildman–Crippen LogP) is 3.93. The zero-order valence-electron chi connectivity index (χ0n) is 12.8. The SMILES string of the molecule is CCCN(CCN)c1cnc(-c2cccc(Cl)c2Cl)c(C)n1. The van der Waals surface area contributed by atoms with E-state index in [-0.39, 0.29) is 0 Å². The molecule has 0 saturated heterocycles. The number of halogens is 2. The molecule has 0 saturated carbocycles. The maximum atomic E-state index is 6.27. The number of nitrogens with zero attached hydrogens (tertiary/aromatic N) is 3. The smallest absolute Gasteiger partial charge is 0.147 e. The van der Waals surface area contributed by atoms with E-state index in [4.69, 9.17) is 28.9 Å². The van der Waals surface area contributed by atoms with Gasteiger partial charge in [-0.2, -0.15) is 0 Å². The fourth-order valence-electron chi connectivity index (χ4n) is 2.34. The molecule has 0 aliphatic carbocycles. The van der Waals surface area contributed by atoms with E-state index < -0.39 is 0 Å². The van der Waals surface area contributed by atoms with Gasteiger partial charge in [0.2, 0.25) is 0 Å². The molecule has 0 unspecified atom stereocenters. The van der Waals surface area contributed by atoms with Gasteiger partial charge in [-0.05, 0) is 19.4 Å². The molecular formula is C16H20Cl2N4. The molecule has 1 heterocycles. The molecule has 0 atom stereocenters. The second-order valence-corrected chi connectivity index (χ2v) is 5.82. The van der Waals surface area contributed by atoms with E-state index in [0.717, 1.165) is 42.3 Å². The van der Waals surface area contributed by atoms with Crippen LogP contribution in [-0.4, -0.2) is 29.6 Å². The third-order valence-electron chi connectivity index (χ3n) is 3.36. The Morgan fingerprint density at radius 2 is 2.00 bits per heavy atom. The summed E-state index contributed by atoms with van der Waals surface area (Å²) < 4.78 is 0. The van der Waals surface area contributed by atoms with Crippen molar-refractivity contribution in [1.29, 1.82) is 0 Å². The van der Waals surface area contributed by atoms with Crippen molar-refractivity contribution in [3.63, 3.8) is 0 Å². The highest BCUT2D eigenvalue weighted by Crippen LogP contribution is 2.33. The van der Waals surface area contributed by atoms with Crippen molar-refractivity contribution in [2.75, 3.05) is 24.5 Å². The fraction of sp³-hybridized carbons (Fsp3) is 0.375. The van der Waals surface area contributed by atoms with E-state index in [1.165, 1.54) is 0 Å². The van der Waals surface area contributed by atoms with E-state index in [9.17, 15) is 0 Å². The molecule has 0 radical (unpaired) electrons. The number of benzene rings is 1. The van der Waals surface area contributed by atoms with E-state index in [1.54, 1.807) is 12.3 Å². The molecule has 1 aromatic carbocycles. The molecule has 0 amide bonds. The number of hydrogen-bond acceptors (Lipinski definition) is 4. The number of hydrogen-bond donors (Lipinski definition) is 1. The minimum atomic E-state index is 0.502. The van der Waals surface area contributed by atoms with Crippen molar-refractivity contribution in [2.45, 2.75) is 20.3 Å². The largest absolute Gasteiger partial charge is 0.354 e. The van der Waals surface area contributed by atoms with Crippen molar-refractivity contribution in [3.8, 4) is 11.3 Å². The van der Waals surface area contributed by atoms with Crippen molar-refractivity contribution in [2.24, 2.45) is 5.73 Å². The maximum absolute atomic E-state index is 6.27. The predicted molar refractivity (Wildman–Crippen MR) is 93.8 cm³/mol. The van der Waals surface area contributed by atoms with Crippen molar-refractivity contribution < 1.29 is 0 Å². The Morgan fingerprint density at radius 3 is 2.64 bits per heavy atom. The number of nitrogens with two attached hydrogens (primary N) is 1. The lowest BCUT2D eigenvalue weighted by molar-refractivity contribution is 0.747. The van der Waals surface area contributed by atoms with E-state index in [2.05, 4.69) is 21.8 Å². The monoisotopic (exact) mass is 338 g/mol. The van der Waals surface area contributed by atoms with E-state index >= 15 is 0 Å². The van der Waals surface area contributed by atoms with Crippen LogP contribution in [0.4, 0.5) is 5.82 Å². The molecule has 118 valence electrons. The minimum Gasteiger partial charge on any atom is -0.354 e. The van der Waals surface area contributed by atoms with Crippen molar-refractivity contribution >= 4 is 29.0 Å². The Hall–Kier alpha value is -1.36. The van der Waals surface area contributed by atoms with Crippen LogP contribution in [0.2, 0.25) is 10.0 Å². The zero-order chi connectivity index (χ0) is 16.1. The third-order valence-corrected chi connectivity index (χ3v) is 4.18. The number of aryl methyl sites for hydroxylation is 1.